The van der Waals surface area contributed by atoms with Crippen LogP contribution in [0.5, 0.6) is 0 Å². The second-order valence-corrected chi connectivity index (χ2v) is 12.0. The molecule has 1 unspecified atom stereocenters. The van der Waals surface area contributed by atoms with E-state index in [2.05, 4.69) is 6.92 Å². The smallest absolute Gasteiger partial charge is 0.236 e. The van der Waals surface area contributed by atoms with Gasteiger partial charge in [-0.05, 0) is 61.6 Å². The number of benzene rings is 3. The summed E-state index contributed by atoms with van der Waals surface area (Å²) in [6.07, 6.45) is 4.28. The van der Waals surface area contributed by atoms with Crippen molar-refractivity contribution in [3.05, 3.63) is 83.4 Å². The van der Waals surface area contributed by atoms with Crippen molar-refractivity contribution < 1.29 is 14.4 Å². The number of hydrogen-bond acceptors (Lipinski definition) is 5. The van der Waals surface area contributed by atoms with Gasteiger partial charge >= 0.3 is 0 Å². The molecule has 1 aliphatic heterocycles. The maximum atomic E-state index is 13.9. The SMILES string of the molecule is CCCCC(SC(=Nc1ccccc1C)N(C=O)c1cccc(-c2ccccc2Cl)c1)C(=O)N1CCC(C(N)=O)CC1. The minimum Gasteiger partial charge on any atom is -0.369 e. The van der Waals surface area contributed by atoms with Gasteiger partial charge in [0.25, 0.3) is 0 Å². The Bertz CT molecular complexity index is 1440. The number of carbonyl (C=O) groups is 3. The van der Waals surface area contributed by atoms with Crippen molar-refractivity contribution in [2.45, 2.75) is 51.2 Å². The van der Waals surface area contributed by atoms with E-state index < -0.39 is 5.25 Å². The van der Waals surface area contributed by atoms with Crippen LogP contribution in [-0.4, -0.2) is 46.6 Å². The van der Waals surface area contributed by atoms with Crippen LogP contribution in [0.4, 0.5) is 11.4 Å². The summed E-state index contributed by atoms with van der Waals surface area (Å²) in [4.78, 5) is 46.6. The number of hydrogen-bond donors (Lipinski definition) is 1. The quantitative estimate of drug-likeness (QED) is 0.153. The molecule has 4 rings (SSSR count). The molecule has 0 bridgehead atoms. The van der Waals surface area contributed by atoms with Gasteiger partial charge in [-0.25, -0.2) is 4.99 Å². The number of likely N-dealkylation sites (tertiary alicyclic amines) is 1. The lowest BCUT2D eigenvalue weighted by Gasteiger charge is -2.33. The molecular formula is C33H37ClN4O3S. The van der Waals surface area contributed by atoms with Crippen molar-refractivity contribution in [3.8, 4) is 11.1 Å². The van der Waals surface area contributed by atoms with Gasteiger partial charge in [0.1, 0.15) is 0 Å². The lowest BCUT2D eigenvalue weighted by atomic mass is 9.96. The number of rotatable bonds is 10. The Morgan fingerprint density at radius 3 is 2.48 bits per heavy atom. The van der Waals surface area contributed by atoms with E-state index in [1.165, 1.54) is 16.7 Å². The number of halogens is 1. The van der Waals surface area contributed by atoms with E-state index in [-0.39, 0.29) is 17.7 Å². The Kier molecular flexibility index (Phi) is 11.2. The number of carbonyl (C=O) groups excluding carboxylic acids is 3. The van der Waals surface area contributed by atoms with Gasteiger partial charge in [0, 0.05) is 29.6 Å². The molecule has 9 heteroatoms. The van der Waals surface area contributed by atoms with Crippen molar-refractivity contribution in [2.24, 2.45) is 16.6 Å². The average Bonchev–Trinajstić information content (AvgIpc) is 3.00. The Labute approximate surface area is 257 Å². The van der Waals surface area contributed by atoms with Crippen LogP contribution in [0.15, 0.2) is 77.8 Å². The topological polar surface area (TPSA) is 96.1 Å². The summed E-state index contributed by atoms with van der Waals surface area (Å²) >= 11 is 7.80. The van der Waals surface area contributed by atoms with E-state index in [0.29, 0.717) is 48.2 Å². The Morgan fingerprint density at radius 1 is 1.10 bits per heavy atom. The first-order chi connectivity index (χ1) is 20.3. The van der Waals surface area contributed by atoms with Gasteiger partial charge in [-0.3, -0.25) is 19.3 Å². The largest absolute Gasteiger partial charge is 0.369 e. The Hall–Kier alpha value is -3.62. The maximum absolute atomic E-state index is 13.9. The third-order valence-electron chi connectivity index (χ3n) is 7.50. The molecule has 2 N–H and O–H groups in total. The molecule has 0 radical (unpaired) electrons. The minimum atomic E-state index is -0.452. The van der Waals surface area contributed by atoms with Crippen LogP contribution in [-0.2, 0) is 14.4 Å². The van der Waals surface area contributed by atoms with Crippen molar-refractivity contribution >= 4 is 58.1 Å². The van der Waals surface area contributed by atoms with Crippen LogP contribution in [0.25, 0.3) is 11.1 Å². The molecule has 1 heterocycles. The van der Waals surface area contributed by atoms with Crippen LogP contribution >= 0.6 is 23.4 Å². The van der Waals surface area contributed by atoms with Crippen LogP contribution in [0.2, 0.25) is 5.02 Å². The van der Waals surface area contributed by atoms with Gasteiger partial charge in [0.05, 0.1) is 16.6 Å². The normalized spacial score (nSPS) is 14.8. The Morgan fingerprint density at radius 2 is 1.81 bits per heavy atom. The van der Waals surface area contributed by atoms with E-state index in [1.54, 1.807) is 0 Å². The van der Waals surface area contributed by atoms with Gasteiger partial charge in [0.2, 0.25) is 18.2 Å². The number of aliphatic imine (C=N–C) groups is 1. The molecule has 0 spiro atoms. The number of anilines is 1. The summed E-state index contributed by atoms with van der Waals surface area (Å²) in [5.41, 5.74) is 9.53. The number of primary amides is 1. The number of nitrogens with zero attached hydrogens (tertiary/aromatic N) is 3. The van der Waals surface area contributed by atoms with Crippen molar-refractivity contribution in [1.29, 1.82) is 0 Å². The summed E-state index contributed by atoms with van der Waals surface area (Å²) in [5, 5.41) is 0.574. The monoisotopic (exact) mass is 604 g/mol. The molecule has 0 aliphatic carbocycles. The molecular weight excluding hydrogens is 568 g/mol. The fourth-order valence-electron chi connectivity index (χ4n) is 5.00. The fraction of sp³-hybridized carbons (Fsp3) is 0.333. The minimum absolute atomic E-state index is 0.00970. The van der Waals surface area contributed by atoms with Crippen LogP contribution < -0.4 is 10.6 Å². The average molecular weight is 605 g/mol. The van der Waals surface area contributed by atoms with E-state index in [1.807, 2.05) is 84.6 Å². The summed E-state index contributed by atoms with van der Waals surface area (Å²) in [6.45, 7) is 5.02. The number of thioether (sulfide) groups is 1. The highest BCUT2D eigenvalue weighted by molar-refractivity contribution is 8.15. The number of aryl methyl sites for hydroxylation is 1. The first kappa shape index (κ1) is 31.3. The highest BCUT2D eigenvalue weighted by atomic mass is 35.5. The molecule has 1 atom stereocenters. The van der Waals surface area contributed by atoms with E-state index in [0.717, 1.165) is 41.6 Å². The van der Waals surface area contributed by atoms with Gasteiger partial charge in [0.15, 0.2) is 5.17 Å². The number of amides is 3. The lowest BCUT2D eigenvalue weighted by molar-refractivity contribution is -0.134. The molecule has 42 heavy (non-hydrogen) atoms. The molecule has 3 aromatic carbocycles. The van der Waals surface area contributed by atoms with Crippen molar-refractivity contribution in [1.82, 2.24) is 4.90 Å². The zero-order chi connectivity index (χ0) is 30.1. The second-order valence-electron chi connectivity index (χ2n) is 10.4. The van der Waals surface area contributed by atoms with Crippen molar-refractivity contribution in [3.63, 3.8) is 0 Å². The molecule has 7 nitrogen and oxygen atoms in total. The zero-order valence-corrected chi connectivity index (χ0v) is 25.6. The van der Waals surface area contributed by atoms with E-state index in [9.17, 15) is 14.4 Å². The molecule has 3 aromatic rings. The molecule has 220 valence electrons. The first-order valence-corrected chi connectivity index (χ1v) is 15.6. The predicted molar refractivity (Wildman–Crippen MR) is 173 cm³/mol. The molecule has 3 amide bonds. The number of amidine groups is 1. The number of nitrogens with two attached hydrogens (primary N) is 1. The second kappa shape index (κ2) is 15.0. The van der Waals surface area contributed by atoms with Gasteiger partial charge < -0.3 is 10.6 Å². The number of para-hydroxylation sites is 1. The summed E-state index contributed by atoms with van der Waals surface area (Å²) < 4.78 is 0. The van der Waals surface area contributed by atoms with Gasteiger partial charge in [-0.1, -0.05) is 91.7 Å². The highest BCUT2D eigenvalue weighted by Gasteiger charge is 2.32. The summed E-state index contributed by atoms with van der Waals surface area (Å²) in [5.74, 6) is -0.526. The van der Waals surface area contributed by atoms with Gasteiger partial charge in [-0.15, -0.1) is 0 Å². The fourth-order valence-corrected chi connectivity index (χ4v) is 6.45. The summed E-state index contributed by atoms with van der Waals surface area (Å²) in [6, 6.07) is 22.8. The van der Waals surface area contributed by atoms with Crippen LogP contribution in [0.3, 0.4) is 0 Å². The zero-order valence-electron chi connectivity index (χ0n) is 24.0. The molecule has 1 saturated heterocycles. The van der Waals surface area contributed by atoms with E-state index >= 15 is 0 Å². The lowest BCUT2D eigenvalue weighted by Crippen LogP contribution is -2.45. The third kappa shape index (κ3) is 7.81. The number of piperidine rings is 1. The standard InChI is InChI=1S/C33H37ClN4O3S/c1-3-4-16-30(32(41)37-19-17-24(18-20-37)31(35)40)42-33(36-29-15-8-5-10-23(29)2)38(22-39)26-12-9-11-25(21-26)27-13-6-7-14-28(27)34/h5-15,21-22,24,30H,3-4,16-20H2,1-2H3,(H2,35,40). The maximum Gasteiger partial charge on any atom is 0.236 e. The number of unbranched alkanes of at least 4 members (excludes halogenated alkanes) is 1. The first-order valence-electron chi connectivity index (χ1n) is 14.3. The third-order valence-corrected chi connectivity index (χ3v) is 9.05. The molecule has 1 aliphatic rings. The van der Waals surface area contributed by atoms with Gasteiger partial charge in [-0.2, -0.15) is 0 Å². The molecule has 0 saturated carbocycles. The van der Waals surface area contributed by atoms with E-state index in [4.69, 9.17) is 22.3 Å². The summed E-state index contributed by atoms with van der Waals surface area (Å²) in [7, 11) is 0. The Balaban J connectivity index is 1.71. The van der Waals surface area contributed by atoms with Crippen LogP contribution in [0, 0.1) is 12.8 Å². The molecule has 1 fully saturated rings. The van der Waals surface area contributed by atoms with Crippen molar-refractivity contribution in [2.75, 3.05) is 18.0 Å². The van der Waals surface area contributed by atoms with Crippen LogP contribution in [0.1, 0.15) is 44.6 Å². The highest BCUT2D eigenvalue weighted by Crippen LogP contribution is 2.34. The predicted octanol–water partition coefficient (Wildman–Crippen LogP) is 6.98. The molecule has 0 aromatic heterocycles.